The minimum atomic E-state index is 0.639. The zero-order valence-corrected chi connectivity index (χ0v) is 11.2. The monoisotopic (exact) mass is 257 g/mol. The third-order valence-electron chi connectivity index (χ3n) is 3.58. The van der Waals surface area contributed by atoms with Crippen molar-refractivity contribution in [2.24, 2.45) is 5.73 Å². The number of nitrogens with two attached hydrogens (primary N) is 1. The third-order valence-corrected chi connectivity index (χ3v) is 3.58. The molecule has 0 bridgehead atoms. The second-order valence-electron chi connectivity index (χ2n) is 5.00. The van der Waals surface area contributed by atoms with E-state index in [4.69, 9.17) is 10.7 Å². The predicted molar refractivity (Wildman–Crippen MR) is 74.6 cm³/mol. The van der Waals surface area contributed by atoms with Gasteiger partial charge in [0, 0.05) is 44.0 Å². The molecule has 0 fully saturated rings. The quantitative estimate of drug-likeness (QED) is 0.887. The number of imidazole rings is 1. The second kappa shape index (κ2) is 5.11. The van der Waals surface area contributed by atoms with E-state index in [1.54, 1.807) is 6.20 Å². The summed E-state index contributed by atoms with van der Waals surface area (Å²) in [6.07, 6.45) is 4.50. The van der Waals surface area contributed by atoms with Crippen molar-refractivity contribution in [3.8, 4) is 11.4 Å². The largest absolute Gasteiger partial charge is 0.330 e. The van der Waals surface area contributed by atoms with Crippen molar-refractivity contribution in [2.75, 3.05) is 20.1 Å². The van der Waals surface area contributed by atoms with E-state index in [1.165, 1.54) is 5.69 Å². The maximum atomic E-state index is 5.70. The number of hydrogen-bond acceptors (Lipinski definition) is 4. The molecule has 5 nitrogen and oxygen atoms in total. The van der Waals surface area contributed by atoms with E-state index in [-0.39, 0.29) is 0 Å². The summed E-state index contributed by atoms with van der Waals surface area (Å²) in [4.78, 5) is 11.3. The van der Waals surface area contributed by atoms with Gasteiger partial charge in [0.25, 0.3) is 0 Å². The highest BCUT2D eigenvalue weighted by atomic mass is 15.2. The van der Waals surface area contributed by atoms with Gasteiger partial charge >= 0.3 is 0 Å². The Balaban J connectivity index is 2.08. The number of nitrogens with zero attached hydrogens (tertiary/aromatic N) is 4. The van der Waals surface area contributed by atoms with E-state index in [0.717, 1.165) is 43.1 Å². The normalized spacial score (nSPS) is 15.5. The molecule has 3 rings (SSSR count). The Morgan fingerprint density at radius 2 is 2.26 bits per heavy atom. The van der Waals surface area contributed by atoms with Crippen LogP contribution in [0, 0.1) is 0 Å². The first-order valence-electron chi connectivity index (χ1n) is 6.67. The van der Waals surface area contributed by atoms with E-state index in [2.05, 4.69) is 27.6 Å². The standard InChI is InChI=1S/C14H19N5/c1-18-7-8-19-13(10-18)12(4-5-15)17-14(19)11-3-2-6-16-9-11/h2-3,6,9H,4-5,7-8,10,15H2,1H3. The predicted octanol–water partition coefficient (Wildman–Crippen LogP) is 0.892. The number of likely N-dealkylation sites (N-methyl/N-ethyl adjacent to an activating group) is 1. The van der Waals surface area contributed by atoms with Crippen LogP contribution in [0.4, 0.5) is 0 Å². The van der Waals surface area contributed by atoms with Crippen LogP contribution in [0.1, 0.15) is 11.4 Å². The molecule has 2 aromatic rings. The Morgan fingerprint density at radius 3 is 3.00 bits per heavy atom. The van der Waals surface area contributed by atoms with Crippen LogP contribution >= 0.6 is 0 Å². The van der Waals surface area contributed by atoms with Crippen LogP contribution in [0.2, 0.25) is 0 Å². The van der Waals surface area contributed by atoms with Gasteiger partial charge in [0.1, 0.15) is 5.82 Å². The summed E-state index contributed by atoms with van der Waals surface area (Å²) in [5.41, 5.74) is 9.22. The summed E-state index contributed by atoms with van der Waals surface area (Å²) in [7, 11) is 2.15. The maximum Gasteiger partial charge on any atom is 0.142 e. The molecule has 0 aromatic carbocycles. The fraction of sp³-hybridized carbons (Fsp3) is 0.429. The highest BCUT2D eigenvalue weighted by molar-refractivity contribution is 5.55. The van der Waals surface area contributed by atoms with Gasteiger partial charge in [-0.2, -0.15) is 0 Å². The molecule has 2 aromatic heterocycles. The molecule has 1 aliphatic heterocycles. The lowest BCUT2D eigenvalue weighted by Gasteiger charge is -2.25. The Kier molecular flexibility index (Phi) is 3.31. The van der Waals surface area contributed by atoms with Gasteiger partial charge in [-0.05, 0) is 25.7 Å². The highest BCUT2D eigenvalue weighted by Crippen LogP contribution is 2.25. The first-order chi connectivity index (χ1) is 9.29. The van der Waals surface area contributed by atoms with Gasteiger partial charge in [0.2, 0.25) is 0 Å². The van der Waals surface area contributed by atoms with E-state index >= 15 is 0 Å². The van der Waals surface area contributed by atoms with Gasteiger partial charge in [-0.25, -0.2) is 4.98 Å². The second-order valence-corrected chi connectivity index (χ2v) is 5.00. The molecule has 1 aliphatic rings. The van der Waals surface area contributed by atoms with Gasteiger partial charge in [-0.3, -0.25) is 9.88 Å². The van der Waals surface area contributed by atoms with Crippen LogP contribution in [0.5, 0.6) is 0 Å². The van der Waals surface area contributed by atoms with Crippen molar-refractivity contribution in [3.05, 3.63) is 35.9 Å². The first-order valence-corrected chi connectivity index (χ1v) is 6.67. The van der Waals surface area contributed by atoms with Crippen molar-refractivity contribution < 1.29 is 0 Å². The zero-order valence-electron chi connectivity index (χ0n) is 11.2. The summed E-state index contributed by atoms with van der Waals surface area (Å²) in [6.45, 7) is 3.62. The van der Waals surface area contributed by atoms with Gasteiger partial charge < -0.3 is 10.3 Å². The SMILES string of the molecule is CN1CCn2c(-c3cccnc3)nc(CCN)c2C1. The van der Waals surface area contributed by atoms with Crippen molar-refractivity contribution in [1.29, 1.82) is 0 Å². The number of fused-ring (bicyclic) bond motifs is 1. The number of hydrogen-bond donors (Lipinski definition) is 1. The van der Waals surface area contributed by atoms with Crippen LogP contribution in [0.15, 0.2) is 24.5 Å². The summed E-state index contributed by atoms with van der Waals surface area (Å²) in [6, 6.07) is 4.02. The molecule has 0 saturated carbocycles. The van der Waals surface area contributed by atoms with Crippen LogP contribution in [-0.2, 0) is 19.5 Å². The van der Waals surface area contributed by atoms with E-state index in [1.807, 2.05) is 12.3 Å². The van der Waals surface area contributed by atoms with Crippen molar-refractivity contribution in [2.45, 2.75) is 19.5 Å². The average Bonchev–Trinajstić information content (AvgIpc) is 2.79. The molecule has 0 radical (unpaired) electrons. The topological polar surface area (TPSA) is 60.0 Å². The fourth-order valence-corrected chi connectivity index (χ4v) is 2.61. The molecule has 0 aliphatic carbocycles. The molecule has 5 heteroatoms. The number of rotatable bonds is 3. The first kappa shape index (κ1) is 12.3. The zero-order chi connectivity index (χ0) is 13.2. The van der Waals surface area contributed by atoms with Crippen LogP contribution in [0.25, 0.3) is 11.4 Å². The molecule has 19 heavy (non-hydrogen) atoms. The summed E-state index contributed by atoms with van der Waals surface area (Å²) in [5.74, 6) is 1.03. The molecule has 0 atom stereocenters. The summed E-state index contributed by atoms with van der Waals surface area (Å²) >= 11 is 0. The van der Waals surface area contributed by atoms with Gasteiger partial charge in [0.05, 0.1) is 11.4 Å². The van der Waals surface area contributed by atoms with Crippen molar-refractivity contribution in [3.63, 3.8) is 0 Å². The van der Waals surface area contributed by atoms with E-state index < -0.39 is 0 Å². The van der Waals surface area contributed by atoms with Crippen LogP contribution in [-0.4, -0.2) is 39.6 Å². The van der Waals surface area contributed by atoms with Gasteiger partial charge in [-0.15, -0.1) is 0 Å². The molecular weight excluding hydrogens is 238 g/mol. The molecule has 3 heterocycles. The van der Waals surface area contributed by atoms with Gasteiger partial charge in [-0.1, -0.05) is 0 Å². The summed E-state index contributed by atoms with van der Waals surface area (Å²) in [5, 5.41) is 0. The van der Waals surface area contributed by atoms with Gasteiger partial charge in [0.15, 0.2) is 0 Å². The lowest BCUT2D eigenvalue weighted by Crippen LogP contribution is -2.31. The Morgan fingerprint density at radius 1 is 1.37 bits per heavy atom. The Hall–Kier alpha value is -1.72. The molecule has 2 N–H and O–H groups in total. The Labute approximate surface area is 113 Å². The average molecular weight is 257 g/mol. The lowest BCUT2D eigenvalue weighted by molar-refractivity contribution is 0.270. The van der Waals surface area contributed by atoms with Crippen molar-refractivity contribution in [1.82, 2.24) is 19.4 Å². The molecule has 0 spiro atoms. The van der Waals surface area contributed by atoms with E-state index in [0.29, 0.717) is 6.54 Å². The molecule has 0 unspecified atom stereocenters. The van der Waals surface area contributed by atoms with Crippen LogP contribution < -0.4 is 5.73 Å². The fourth-order valence-electron chi connectivity index (χ4n) is 2.61. The van der Waals surface area contributed by atoms with E-state index in [9.17, 15) is 0 Å². The molecule has 0 amide bonds. The number of aromatic nitrogens is 3. The summed E-state index contributed by atoms with van der Waals surface area (Å²) < 4.78 is 2.32. The lowest BCUT2D eigenvalue weighted by atomic mass is 10.2. The van der Waals surface area contributed by atoms with Crippen LogP contribution in [0.3, 0.4) is 0 Å². The highest BCUT2D eigenvalue weighted by Gasteiger charge is 2.22. The smallest absolute Gasteiger partial charge is 0.142 e. The minimum absolute atomic E-state index is 0.639. The number of pyridine rings is 1. The molecule has 0 saturated heterocycles. The van der Waals surface area contributed by atoms with Crippen molar-refractivity contribution >= 4 is 0 Å². The maximum absolute atomic E-state index is 5.70. The molecular formula is C14H19N5. The minimum Gasteiger partial charge on any atom is -0.330 e. The molecule has 100 valence electrons. The third kappa shape index (κ3) is 2.27. The Bertz CT molecular complexity index is 561.